The zero-order chi connectivity index (χ0) is 22.2. The zero-order valence-electron chi connectivity index (χ0n) is 17.6. The molecule has 0 fully saturated rings. The van der Waals surface area contributed by atoms with Gasteiger partial charge in [0.1, 0.15) is 0 Å². The van der Waals surface area contributed by atoms with E-state index < -0.39 is 0 Å². The van der Waals surface area contributed by atoms with Crippen molar-refractivity contribution in [1.82, 2.24) is 9.97 Å². The van der Waals surface area contributed by atoms with Crippen molar-refractivity contribution in [1.29, 1.82) is 0 Å². The van der Waals surface area contributed by atoms with Crippen LogP contribution in [0, 0.1) is 13.8 Å². The second-order valence-electron chi connectivity index (χ2n) is 7.79. The predicted octanol–water partition coefficient (Wildman–Crippen LogP) is 8.19. The summed E-state index contributed by atoms with van der Waals surface area (Å²) < 4.78 is 0. The third kappa shape index (κ3) is 4.07. The van der Waals surface area contributed by atoms with Gasteiger partial charge >= 0.3 is 0 Å². The van der Waals surface area contributed by atoms with Crippen molar-refractivity contribution in [3.8, 4) is 0 Å². The molecule has 1 heterocycles. The topological polar surface area (TPSA) is 49.8 Å². The number of fused-ring (bicyclic) bond motifs is 2. The molecule has 0 aliphatic heterocycles. The highest BCUT2D eigenvalue weighted by molar-refractivity contribution is 6.32. The molecule has 0 saturated heterocycles. The number of aryl methyl sites for hydroxylation is 2. The number of hydrogen-bond donors (Lipinski definition) is 2. The van der Waals surface area contributed by atoms with Crippen LogP contribution < -0.4 is 10.6 Å². The first-order valence-corrected chi connectivity index (χ1v) is 11.0. The standard InChI is InChI=1S/C26H20Cl2N4/c1-15-7-9-19(13-21(15)27)29-25-26(30-20-10-8-16(2)22(28)14-20)32-24-12-18-6-4-3-5-17(18)11-23(24)31-25/h3-14H,1-2H3,(H,29,31)(H,30,32). The number of halogens is 2. The van der Waals surface area contributed by atoms with Gasteiger partial charge in [-0.05, 0) is 72.1 Å². The average molecular weight is 459 g/mol. The van der Waals surface area contributed by atoms with Crippen molar-refractivity contribution >= 4 is 68.0 Å². The van der Waals surface area contributed by atoms with Gasteiger partial charge in [-0.25, -0.2) is 9.97 Å². The predicted molar refractivity (Wildman–Crippen MR) is 136 cm³/mol. The van der Waals surface area contributed by atoms with Gasteiger partial charge in [-0.3, -0.25) is 0 Å². The molecule has 0 spiro atoms. The number of anilines is 4. The van der Waals surface area contributed by atoms with E-state index in [0.29, 0.717) is 21.7 Å². The third-order valence-corrected chi connectivity index (χ3v) is 6.22. The average Bonchev–Trinajstić information content (AvgIpc) is 2.78. The van der Waals surface area contributed by atoms with Crippen molar-refractivity contribution < 1.29 is 0 Å². The molecule has 6 heteroatoms. The monoisotopic (exact) mass is 458 g/mol. The first-order valence-electron chi connectivity index (χ1n) is 10.2. The number of nitrogens with zero attached hydrogens (tertiary/aromatic N) is 2. The van der Waals surface area contributed by atoms with Crippen LogP contribution in [0.2, 0.25) is 10.0 Å². The van der Waals surface area contributed by atoms with Gasteiger partial charge < -0.3 is 10.6 Å². The van der Waals surface area contributed by atoms with Gasteiger partial charge in [-0.1, -0.05) is 59.6 Å². The number of rotatable bonds is 4. The molecule has 0 amide bonds. The number of aromatic nitrogens is 2. The van der Waals surface area contributed by atoms with Gasteiger partial charge in [-0.2, -0.15) is 0 Å². The van der Waals surface area contributed by atoms with E-state index in [4.69, 9.17) is 33.2 Å². The van der Waals surface area contributed by atoms with Crippen LogP contribution in [0.25, 0.3) is 21.8 Å². The Balaban J connectivity index is 1.64. The summed E-state index contributed by atoms with van der Waals surface area (Å²) in [5, 5.41) is 10.4. The maximum absolute atomic E-state index is 6.34. The van der Waals surface area contributed by atoms with Gasteiger partial charge in [0.2, 0.25) is 0 Å². The first-order chi connectivity index (χ1) is 15.5. The minimum absolute atomic E-state index is 0.601. The Bertz CT molecular complexity index is 1370. The lowest BCUT2D eigenvalue weighted by Crippen LogP contribution is -2.03. The maximum Gasteiger partial charge on any atom is 0.174 e. The molecule has 4 nitrogen and oxygen atoms in total. The first kappa shape index (κ1) is 20.6. The van der Waals surface area contributed by atoms with E-state index in [1.165, 1.54) is 0 Å². The van der Waals surface area contributed by atoms with Gasteiger partial charge in [0.15, 0.2) is 11.6 Å². The van der Waals surface area contributed by atoms with Gasteiger partial charge in [-0.15, -0.1) is 0 Å². The lowest BCUT2D eigenvalue weighted by Gasteiger charge is -2.15. The van der Waals surface area contributed by atoms with Crippen LogP contribution in [-0.2, 0) is 0 Å². The molecule has 158 valence electrons. The zero-order valence-corrected chi connectivity index (χ0v) is 19.1. The number of hydrogen-bond acceptors (Lipinski definition) is 4. The highest BCUT2D eigenvalue weighted by Gasteiger charge is 2.12. The van der Waals surface area contributed by atoms with Crippen LogP contribution in [0.15, 0.2) is 72.8 Å². The highest BCUT2D eigenvalue weighted by atomic mass is 35.5. The Morgan fingerprint density at radius 1 is 0.594 bits per heavy atom. The molecule has 0 bridgehead atoms. The summed E-state index contributed by atoms with van der Waals surface area (Å²) in [4.78, 5) is 9.79. The normalized spacial score (nSPS) is 11.1. The third-order valence-electron chi connectivity index (χ3n) is 5.40. The van der Waals surface area contributed by atoms with Crippen molar-refractivity contribution in [2.24, 2.45) is 0 Å². The fourth-order valence-electron chi connectivity index (χ4n) is 3.53. The lowest BCUT2D eigenvalue weighted by molar-refractivity contribution is 1.27. The summed E-state index contributed by atoms with van der Waals surface area (Å²) in [6, 6.07) is 23.9. The molecule has 0 saturated carbocycles. The van der Waals surface area contributed by atoms with Gasteiger partial charge in [0.05, 0.1) is 11.0 Å². The van der Waals surface area contributed by atoms with E-state index in [1.54, 1.807) is 0 Å². The lowest BCUT2D eigenvalue weighted by atomic mass is 10.1. The molecule has 4 aromatic carbocycles. The maximum atomic E-state index is 6.34. The molecule has 2 N–H and O–H groups in total. The van der Waals surface area contributed by atoms with Crippen molar-refractivity contribution in [2.75, 3.05) is 10.6 Å². The Morgan fingerprint density at radius 2 is 1.03 bits per heavy atom. The summed E-state index contributed by atoms with van der Waals surface area (Å²) >= 11 is 12.7. The van der Waals surface area contributed by atoms with E-state index in [-0.39, 0.29) is 0 Å². The second-order valence-corrected chi connectivity index (χ2v) is 8.60. The number of nitrogens with one attached hydrogen (secondary N) is 2. The summed E-state index contributed by atoms with van der Waals surface area (Å²) in [5.41, 5.74) is 5.30. The van der Waals surface area contributed by atoms with Crippen molar-refractivity contribution in [2.45, 2.75) is 13.8 Å². The smallest absolute Gasteiger partial charge is 0.174 e. The Morgan fingerprint density at radius 3 is 1.44 bits per heavy atom. The molecule has 5 aromatic rings. The minimum atomic E-state index is 0.601. The largest absolute Gasteiger partial charge is 0.337 e. The molecule has 5 rings (SSSR count). The molecule has 0 aliphatic rings. The van der Waals surface area contributed by atoms with Crippen molar-refractivity contribution in [3.05, 3.63) is 94.0 Å². The molecule has 0 aliphatic carbocycles. The van der Waals surface area contributed by atoms with Crippen LogP contribution >= 0.6 is 23.2 Å². The van der Waals surface area contributed by atoms with E-state index in [0.717, 1.165) is 44.3 Å². The van der Waals surface area contributed by atoms with Gasteiger partial charge in [0.25, 0.3) is 0 Å². The minimum Gasteiger partial charge on any atom is -0.337 e. The van der Waals surface area contributed by atoms with Crippen LogP contribution in [0.3, 0.4) is 0 Å². The van der Waals surface area contributed by atoms with E-state index in [2.05, 4.69) is 34.9 Å². The highest BCUT2D eigenvalue weighted by Crippen LogP contribution is 2.32. The Kier molecular flexibility index (Phi) is 5.33. The quantitative estimate of drug-likeness (QED) is 0.266. The van der Waals surface area contributed by atoms with E-state index >= 15 is 0 Å². The molecule has 0 radical (unpaired) electrons. The fourth-order valence-corrected chi connectivity index (χ4v) is 3.89. The summed E-state index contributed by atoms with van der Waals surface area (Å²) in [6.07, 6.45) is 0. The van der Waals surface area contributed by atoms with Gasteiger partial charge in [0, 0.05) is 21.4 Å². The molecular formula is C26H20Cl2N4. The Hall–Kier alpha value is -3.34. The Labute approximate surface area is 196 Å². The van der Waals surface area contributed by atoms with Crippen LogP contribution in [0.5, 0.6) is 0 Å². The summed E-state index contributed by atoms with van der Waals surface area (Å²) in [7, 11) is 0. The fraction of sp³-hybridized carbons (Fsp3) is 0.0769. The molecule has 0 atom stereocenters. The van der Waals surface area contributed by atoms with Crippen LogP contribution in [0.4, 0.5) is 23.0 Å². The molecule has 32 heavy (non-hydrogen) atoms. The van der Waals surface area contributed by atoms with E-state index in [1.807, 2.05) is 62.4 Å². The molecule has 1 aromatic heterocycles. The SMILES string of the molecule is Cc1ccc(Nc2nc3cc4ccccc4cc3nc2Nc2ccc(C)c(Cl)c2)cc1Cl. The van der Waals surface area contributed by atoms with Crippen LogP contribution in [-0.4, -0.2) is 9.97 Å². The number of benzene rings is 4. The summed E-state index contributed by atoms with van der Waals surface area (Å²) in [5.74, 6) is 1.20. The molecule has 0 unspecified atom stereocenters. The van der Waals surface area contributed by atoms with Crippen LogP contribution in [0.1, 0.15) is 11.1 Å². The van der Waals surface area contributed by atoms with E-state index in [9.17, 15) is 0 Å². The van der Waals surface area contributed by atoms with Crippen molar-refractivity contribution in [3.63, 3.8) is 0 Å². The molecular weight excluding hydrogens is 439 g/mol. The summed E-state index contributed by atoms with van der Waals surface area (Å²) in [6.45, 7) is 3.95. The second kappa shape index (κ2) is 8.30.